The first-order valence-corrected chi connectivity index (χ1v) is 9.73. The standard InChI is InChI=1S/C15H25NOSi/c1-15(2,3)18(4,5)17-14-10-11-16-13-9-7-6-8-12(13)14/h6-9,14,16H,10-11H2,1-5H3. The Morgan fingerprint density at radius 2 is 1.89 bits per heavy atom. The summed E-state index contributed by atoms with van der Waals surface area (Å²) in [6.07, 6.45) is 1.34. The first kappa shape index (κ1) is 13.6. The van der Waals surface area contributed by atoms with Crippen molar-refractivity contribution in [3.8, 4) is 0 Å². The van der Waals surface area contributed by atoms with Crippen molar-refractivity contribution in [3.63, 3.8) is 0 Å². The van der Waals surface area contributed by atoms with Gasteiger partial charge in [-0.3, -0.25) is 0 Å². The number of nitrogens with one attached hydrogen (secondary N) is 1. The van der Waals surface area contributed by atoms with Gasteiger partial charge in [0.1, 0.15) is 0 Å². The molecule has 1 aromatic carbocycles. The van der Waals surface area contributed by atoms with Gasteiger partial charge in [-0.15, -0.1) is 0 Å². The molecule has 0 radical (unpaired) electrons. The third-order valence-electron chi connectivity index (χ3n) is 4.27. The molecule has 0 spiro atoms. The normalized spacial score (nSPS) is 20.2. The number of anilines is 1. The molecular weight excluding hydrogens is 238 g/mol. The Bertz CT molecular complexity index is 423. The van der Waals surface area contributed by atoms with Crippen LogP contribution in [0.2, 0.25) is 18.1 Å². The summed E-state index contributed by atoms with van der Waals surface area (Å²) in [7, 11) is -1.69. The van der Waals surface area contributed by atoms with Crippen LogP contribution in [0.5, 0.6) is 0 Å². The van der Waals surface area contributed by atoms with Gasteiger partial charge in [0, 0.05) is 17.8 Å². The molecule has 3 heteroatoms. The van der Waals surface area contributed by atoms with Gasteiger partial charge in [-0.2, -0.15) is 0 Å². The monoisotopic (exact) mass is 263 g/mol. The molecular formula is C15H25NOSi. The van der Waals surface area contributed by atoms with Gasteiger partial charge in [-0.1, -0.05) is 39.0 Å². The van der Waals surface area contributed by atoms with Gasteiger partial charge in [-0.25, -0.2) is 0 Å². The maximum absolute atomic E-state index is 6.57. The Labute approximate surface area is 112 Å². The molecule has 0 bridgehead atoms. The van der Waals surface area contributed by atoms with E-state index in [0.717, 1.165) is 13.0 Å². The zero-order chi connectivity index (χ0) is 13.4. The van der Waals surface area contributed by atoms with E-state index in [1.807, 2.05) is 0 Å². The Morgan fingerprint density at radius 1 is 1.22 bits per heavy atom. The largest absolute Gasteiger partial charge is 0.410 e. The third kappa shape index (κ3) is 2.62. The van der Waals surface area contributed by atoms with E-state index >= 15 is 0 Å². The quantitative estimate of drug-likeness (QED) is 0.789. The van der Waals surface area contributed by atoms with E-state index in [-0.39, 0.29) is 11.1 Å². The number of hydrogen-bond acceptors (Lipinski definition) is 2. The van der Waals surface area contributed by atoms with E-state index < -0.39 is 8.32 Å². The van der Waals surface area contributed by atoms with Crippen LogP contribution >= 0.6 is 0 Å². The average Bonchev–Trinajstić information content (AvgIpc) is 2.27. The highest BCUT2D eigenvalue weighted by Gasteiger charge is 2.40. The van der Waals surface area contributed by atoms with Crippen molar-refractivity contribution in [1.82, 2.24) is 0 Å². The van der Waals surface area contributed by atoms with Crippen LogP contribution in [-0.2, 0) is 4.43 Å². The van der Waals surface area contributed by atoms with E-state index in [0.29, 0.717) is 0 Å². The van der Waals surface area contributed by atoms with Crippen LogP contribution in [0, 0.1) is 0 Å². The fraction of sp³-hybridized carbons (Fsp3) is 0.600. The second-order valence-electron chi connectivity index (χ2n) is 6.67. The minimum Gasteiger partial charge on any atom is -0.410 e. The maximum atomic E-state index is 6.57. The highest BCUT2D eigenvalue weighted by atomic mass is 28.4. The molecule has 0 aliphatic carbocycles. The number of fused-ring (bicyclic) bond motifs is 1. The first-order valence-electron chi connectivity index (χ1n) is 6.82. The predicted octanol–water partition coefficient (Wildman–Crippen LogP) is 4.57. The van der Waals surface area contributed by atoms with Gasteiger partial charge in [-0.05, 0) is 30.6 Å². The van der Waals surface area contributed by atoms with Gasteiger partial charge in [0.15, 0.2) is 8.32 Å². The van der Waals surface area contributed by atoms with Crippen molar-refractivity contribution in [2.24, 2.45) is 0 Å². The minimum atomic E-state index is -1.69. The van der Waals surface area contributed by atoms with Gasteiger partial charge >= 0.3 is 0 Å². The third-order valence-corrected chi connectivity index (χ3v) is 8.76. The smallest absolute Gasteiger partial charge is 0.192 e. The van der Waals surface area contributed by atoms with Crippen LogP contribution in [0.3, 0.4) is 0 Å². The summed E-state index contributed by atoms with van der Waals surface area (Å²) >= 11 is 0. The van der Waals surface area contributed by atoms with Crippen molar-refractivity contribution < 1.29 is 4.43 Å². The molecule has 1 atom stereocenters. The van der Waals surface area contributed by atoms with Crippen molar-refractivity contribution in [3.05, 3.63) is 29.8 Å². The van der Waals surface area contributed by atoms with E-state index in [1.165, 1.54) is 11.3 Å². The molecule has 0 amide bonds. The summed E-state index contributed by atoms with van der Waals surface area (Å²) < 4.78 is 6.57. The van der Waals surface area contributed by atoms with Gasteiger partial charge in [0.05, 0.1) is 6.10 Å². The number of para-hydroxylation sites is 1. The number of hydrogen-bond donors (Lipinski definition) is 1. The lowest BCUT2D eigenvalue weighted by Crippen LogP contribution is -2.42. The molecule has 0 fully saturated rings. The molecule has 1 aliphatic heterocycles. The van der Waals surface area contributed by atoms with Gasteiger partial charge < -0.3 is 9.74 Å². The SMILES string of the molecule is CC(C)(C)[Si](C)(C)OC1CCNc2ccccc21. The van der Waals surface area contributed by atoms with Crippen LogP contribution in [0.4, 0.5) is 5.69 Å². The van der Waals surface area contributed by atoms with Crippen molar-refractivity contribution in [2.75, 3.05) is 11.9 Å². The summed E-state index contributed by atoms with van der Waals surface area (Å²) in [5.74, 6) is 0. The minimum absolute atomic E-state index is 0.267. The molecule has 2 rings (SSSR count). The van der Waals surface area contributed by atoms with Crippen molar-refractivity contribution in [2.45, 2.75) is 51.4 Å². The molecule has 1 heterocycles. The van der Waals surface area contributed by atoms with E-state index in [4.69, 9.17) is 4.43 Å². The first-order chi connectivity index (χ1) is 8.31. The van der Waals surface area contributed by atoms with Crippen LogP contribution in [0.1, 0.15) is 38.9 Å². The lowest BCUT2D eigenvalue weighted by atomic mass is 10.0. The molecule has 1 aromatic rings. The zero-order valence-electron chi connectivity index (χ0n) is 12.2. The molecule has 0 aromatic heterocycles. The fourth-order valence-corrected chi connectivity index (χ4v) is 3.40. The molecule has 18 heavy (non-hydrogen) atoms. The number of benzene rings is 1. The molecule has 1 N–H and O–H groups in total. The van der Waals surface area contributed by atoms with Crippen LogP contribution in [0.15, 0.2) is 24.3 Å². The summed E-state index contributed by atoms with van der Waals surface area (Å²) in [4.78, 5) is 0. The lowest BCUT2D eigenvalue weighted by Gasteiger charge is -2.41. The zero-order valence-corrected chi connectivity index (χ0v) is 13.2. The topological polar surface area (TPSA) is 21.3 Å². The lowest BCUT2D eigenvalue weighted by molar-refractivity contribution is 0.174. The molecule has 0 saturated carbocycles. The number of rotatable bonds is 2. The van der Waals surface area contributed by atoms with Crippen molar-refractivity contribution in [1.29, 1.82) is 0 Å². The van der Waals surface area contributed by atoms with Gasteiger partial charge in [0.2, 0.25) is 0 Å². The molecule has 0 saturated heterocycles. The van der Waals surface area contributed by atoms with E-state index in [1.54, 1.807) is 0 Å². The van der Waals surface area contributed by atoms with Crippen molar-refractivity contribution >= 4 is 14.0 Å². The molecule has 100 valence electrons. The van der Waals surface area contributed by atoms with Gasteiger partial charge in [0.25, 0.3) is 0 Å². The highest BCUT2D eigenvalue weighted by molar-refractivity contribution is 6.74. The summed E-state index contributed by atoms with van der Waals surface area (Å²) in [5, 5.41) is 3.72. The van der Waals surface area contributed by atoms with Crippen LogP contribution in [-0.4, -0.2) is 14.9 Å². The molecule has 2 nitrogen and oxygen atoms in total. The Morgan fingerprint density at radius 3 is 2.56 bits per heavy atom. The second-order valence-corrected chi connectivity index (χ2v) is 11.4. The van der Waals surface area contributed by atoms with Crippen LogP contribution < -0.4 is 5.32 Å². The summed E-state index contributed by atoms with van der Waals surface area (Å²) in [6, 6.07) is 8.53. The summed E-state index contributed by atoms with van der Waals surface area (Å²) in [5.41, 5.74) is 2.57. The Kier molecular flexibility index (Phi) is 3.56. The molecule has 1 unspecified atom stereocenters. The van der Waals surface area contributed by atoms with E-state index in [2.05, 4.69) is 63.4 Å². The Balaban J connectivity index is 2.22. The summed E-state index contributed by atoms with van der Waals surface area (Å²) in [6.45, 7) is 12.6. The second kappa shape index (κ2) is 4.70. The fourth-order valence-electron chi connectivity index (χ4n) is 2.09. The Hall–Kier alpha value is -0.803. The maximum Gasteiger partial charge on any atom is 0.192 e. The predicted molar refractivity (Wildman–Crippen MR) is 80.6 cm³/mol. The molecule has 1 aliphatic rings. The average molecular weight is 263 g/mol. The van der Waals surface area contributed by atoms with Crippen LogP contribution in [0.25, 0.3) is 0 Å². The highest BCUT2D eigenvalue weighted by Crippen LogP contribution is 2.42. The van der Waals surface area contributed by atoms with E-state index in [9.17, 15) is 0 Å².